The summed E-state index contributed by atoms with van der Waals surface area (Å²) in [5, 5.41) is 4.26. The quantitative estimate of drug-likeness (QED) is 0.464. The van der Waals surface area contributed by atoms with Gasteiger partial charge in [-0.25, -0.2) is 0 Å². The molecule has 0 aliphatic heterocycles. The number of furan rings is 1. The molecule has 0 saturated heterocycles. The fraction of sp³-hybridized carbons (Fsp3) is 0.286. The van der Waals surface area contributed by atoms with Crippen molar-refractivity contribution < 1.29 is 13.9 Å². The first kappa shape index (κ1) is 19.2. The zero-order chi connectivity index (χ0) is 20.4. The van der Waals surface area contributed by atoms with E-state index in [1.807, 2.05) is 18.2 Å². The normalized spacial score (nSPS) is 12.2. The number of ether oxygens (including phenoxy) is 2. The van der Waals surface area contributed by atoms with Crippen LogP contribution in [-0.4, -0.2) is 28.3 Å². The van der Waals surface area contributed by atoms with Crippen molar-refractivity contribution in [3.05, 3.63) is 57.0 Å². The maximum atomic E-state index is 12.7. The van der Waals surface area contributed by atoms with E-state index in [9.17, 15) is 4.79 Å². The van der Waals surface area contributed by atoms with Crippen LogP contribution < -0.4 is 19.6 Å². The minimum atomic E-state index is -0.216. The highest BCUT2D eigenvalue weighted by Crippen LogP contribution is 2.28. The summed E-state index contributed by atoms with van der Waals surface area (Å²) < 4.78 is 18.4. The summed E-state index contributed by atoms with van der Waals surface area (Å²) in [5.74, 6) is 2.83. The summed E-state index contributed by atoms with van der Waals surface area (Å²) >= 11 is 1.28. The maximum Gasteiger partial charge on any atom is 0.291 e. The molecule has 7 nitrogen and oxygen atoms in total. The van der Waals surface area contributed by atoms with Gasteiger partial charge in [-0.3, -0.25) is 4.79 Å². The first-order valence-electron chi connectivity index (χ1n) is 9.31. The molecule has 0 aliphatic rings. The molecule has 0 N–H and O–H groups in total. The molecule has 3 aromatic heterocycles. The number of fused-ring (bicyclic) bond motifs is 1. The van der Waals surface area contributed by atoms with E-state index in [1.165, 1.54) is 15.9 Å². The first-order valence-corrected chi connectivity index (χ1v) is 10.1. The minimum Gasteiger partial charge on any atom is -0.493 e. The number of benzene rings is 1. The lowest BCUT2D eigenvalue weighted by Gasteiger charge is -2.12. The fourth-order valence-corrected chi connectivity index (χ4v) is 3.70. The van der Waals surface area contributed by atoms with Crippen LogP contribution in [0.3, 0.4) is 0 Å². The van der Waals surface area contributed by atoms with Crippen molar-refractivity contribution in [2.75, 3.05) is 13.7 Å². The lowest BCUT2D eigenvalue weighted by molar-refractivity contribution is 0.273. The number of thiazole rings is 1. The average Bonchev–Trinajstić information content (AvgIpc) is 3.41. The molecule has 4 rings (SSSR count). The third-order valence-electron chi connectivity index (χ3n) is 4.36. The molecule has 0 bridgehead atoms. The van der Waals surface area contributed by atoms with Gasteiger partial charge >= 0.3 is 0 Å². The van der Waals surface area contributed by atoms with Crippen LogP contribution in [0.1, 0.15) is 25.8 Å². The van der Waals surface area contributed by atoms with E-state index < -0.39 is 0 Å². The molecule has 150 valence electrons. The Hall–Kier alpha value is -3.13. The Kier molecular flexibility index (Phi) is 5.35. The Morgan fingerprint density at radius 1 is 1.28 bits per heavy atom. The van der Waals surface area contributed by atoms with Gasteiger partial charge in [0.15, 0.2) is 17.3 Å². The summed E-state index contributed by atoms with van der Waals surface area (Å²) in [4.78, 5) is 17.6. The molecule has 0 spiro atoms. The molecule has 0 saturated carbocycles. The molecular formula is C21H21N3O4S. The molecule has 0 atom stereocenters. The molecule has 0 aliphatic carbocycles. The molecule has 0 amide bonds. The average molecular weight is 411 g/mol. The van der Waals surface area contributed by atoms with Crippen molar-refractivity contribution in [2.45, 2.75) is 20.3 Å². The Morgan fingerprint density at radius 3 is 2.83 bits per heavy atom. The highest BCUT2D eigenvalue weighted by Gasteiger charge is 2.14. The number of hydrogen-bond donors (Lipinski definition) is 0. The van der Waals surface area contributed by atoms with Gasteiger partial charge in [0, 0.05) is 0 Å². The van der Waals surface area contributed by atoms with Gasteiger partial charge in [0.05, 0.1) is 24.5 Å². The minimum absolute atomic E-state index is 0.216. The van der Waals surface area contributed by atoms with Crippen molar-refractivity contribution >= 4 is 22.4 Å². The van der Waals surface area contributed by atoms with Crippen molar-refractivity contribution in [1.29, 1.82) is 0 Å². The van der Waals surface area contributed by atoms with Gasteiger partial charge in [0.1, 0.15) is 0 Å². The highest BCUT2D eigenvalue weighted by atomic mass is 32.1. The van der Waals surface area contributed by atoms with E-state index in [1.54, 1.807) is 31.6 Å². The van der Waals surface area contributed by atoms with E-state index >= 15 is 0 Å². The number of nitrogens with zero attached hydrogens (tertiary/aromatic N) is 3. The second-order valence-corrected chi connectivity index (χ2v) is 7.97. The lowest BCUT2D eigenvalue weighted by Crippen LogP contribution is -2.23. The molecule has 0 fully saturated rings. The molecular weight excluding hydrogens is 390 g/mol. The maximum absolute atomic E-state index is 12.7. The monoisotopic (exact) mass is 411 g/mol. The van der Waals surface area contributed by atoms with Crippen LogP contribution in [0.2, 0.25) is 0 Å². The highest BCUT2D eigenvalue weighted by molar-refractivity contribution is 7.15. The third-order valence-corrected chi connectivity index (χ3v) is 5.32. The number of aromatic nitrogens is 3. The Morgan fingerprint density at radius 2 is 2.14 bits per heavy atom. The molecule has 0 radical (unpaired) electrons. The van der Waals surface area contributed by atoms with E-state index in [4.69, 9.17) is 13.9 Å². The number of rotatable bonds is 7. The van der Waals surface area contributed by atoms with Crippen molar-refractivity contribution in [2.24, 2.45) is 5.92 Å². The largest absolute Gasteiger partial charge is 0.493 e. The smallest absolute Gasteiger partial charge is 0.291 e. The zero-order valence-electron chi connectivity index (χ0n) is 16.4. The van der Waals surface area contributed by atoms with Crippen LogP contribution in [0.25, 0.3) is 22.6 Å². The predicted molar refractivity (Wildman–Crippen MR) is 112 cm³/mol. The van der Waals surface area contributed by atoms with Gasteiger partial charge in [-0.1, -0.05) is 31.3 Å². The van der Waals surface area contributed by atoms with E-state index in [2.05, 4.69) is 23.9 Å². The molecule has 0 unspecified atom stereocenters. The van der Waals surface area contributed by atoms with E-state index in [0.29, 0.717) is 45.1 Å². The fourth-order valence-electron chi connectivity index (χ4n) is 2.79. The summed E-state index contributed by atoms with van der Waals surface area (Å²) in [6.07, 6.45) is 4.32. The Labute approximate surface area is 171 Å². The standard InChI is InChI=1S/C21H21N3O4S/c1-13(2)8-10-28-15-7-6-14(11-17(15)26-3)12-18-20(25)24-21(29-18)22-19(23-24)16-5-4-9-27-16/h4-7,9,11-13H,8,10H2,1-3H3/b18-12-. The molecule has 1 aromatic carbocycles. The topological polar surface area (TPSA) is 78.9 Å². The summed E-state index contributed by atoms with van der Waals surface area (Å²) in [7, 11) is 1.60. The second kappa shape index (κ2) is 8.08. The number of hydrogen-bond acceptors (Lipinski definition) is 7. The number of methoxy groups -OCH3 is 1. The van der Waals surface area contributed by atoms with E-state index in [0.717, 1.165) is 12.0 Å². The SMILES string of the molecule is COc1cc(/C=c2\sc3nc(-c4ccco4)nn3c2=O)ccc1OCCC(C)C. The van der Waals surface area contributed by atoms with Crippen LogP contribution in [-0.2, 0) is 0 Å². The Bertz CT molecular complexity index is 1230. The van der Waals surface area contributed by atoms with Crippen molar-refractivity contribution in [1.82, 2.24) is 14.6 Å². The van der Waals surface area contributed by atoms with Gasteiger partial charge in [-0.15, -0.1) is 5.10 Å². The Balaban J connectivity index is 1.63. The van der Waals surface area contributed by atoms with Gasteiger partial charge in [0.2, 0.25) is 10.8 Å². The third kappa shape index (κ3) is 4.02. The van der Waals surface area contributed by atoms with Crippen LogP contribution in [0.5, 0.6) is 11.5 Å². The summed E-state index contributed by atoms with van der Waals surface area (Å²) in [5.41, 5.74) is 0.623. The van der Waals surface area contributed by atoms with Crippen molar-refractivity contribution in [3.8, 4) is 23.1 Å². The molecule has 4 aromatic rings. The first-order chi connectivity index (χ1) is 14.0. The van der Waals surface area contributed by atoms with Crippen LogP contribution in [0.15, 0.2) is 45.8 Å². The van der Waals surface area contributed by atoms with Crippen LogP contribution in [0.4, 0.5) is 0 Å². The van der Waals surface area contributed by atoms with Crippen LogP contribution in [0, 0.1) is 5.92 Å². The molecule has 29 heavy (non-hydrogen) atoms. The lowest BCUT2D eigenvalue weighted by atomic mass is 10.1. The van der Waals surface area contributed by atoms with Gasteiger partial charge in [0.25, 0.3) is 5.56 Å². The van der Waals surface area contributed by atoms with Gasteiger partial charge in [-0.2, -0.15) is 9.50 Å². The zero-order valence-corrected chi connectivity index (χ0v) is 17.2. The van der Waals surface area contributed by atoms with Crippen molar-refractivity contribution in [3.63, 3.8) is 0 Å². The van der Waals surface area contributed by atoms with Gasteiger partial charge < -0.3 is 13.9 Å². The van der Waals surface area contributed by atoms with E-state index in [-0.39, 0.29) is 5.56 Å². The molecule has 8 heteroatoms. The second-order valence-electron chi connectivity index (χ2n) is 6.96. The summed E-state index contributed by atoms with van der Waals surface area (Å²) in [6.45, 7) is 4.94. The van der Waals surface area contributed by atoms with Crippen LogP contribution >= 0.6 is 11.3 Å². The van der Waals surface area contributed by atoms with Gasteiger partial charge in [-0.05, 0) is 48.2 Å². The predicted octanol–water partition coefficient (Wildman–Crippen LogP) is 3.39. The molecule has 3 heterocycles. The summed E-state index contributed by atoms with van der Waals surface area (Å²) in [6, 6.07) is 9.13.